The van der Waals surface area contributed by atoms with Gasteiger partial charge in [-0.25, -0.2) is 0 Å². The minimum absolute atomic E-state index is 0.0153. The van der Waals surface area contributed by atoms with E-state index in [1.165, 1.54) is 11.7 Å². The lowest BCUT2D eigenvalue weighted by atomic mass is 10.1. The third-order valence-corrected chi connectivity index (χ3v) is 4.57. The van der Waals surface area contributed by atoms with E-state index in [0.717, 1.165) is 18.4 Å². The van der Waals surface area contributed by atoms with Crippen LogP contribution < -0.4 is 10.3 Å². The maximum absolute atomic E-state index is 12.6. The average Bonchev–Trinajstić information content (AvgIpc) is 2.69. The lowest BCUT2D eigenvalue weighted by molar-refractivity contribution is -0.136. The van der Waals surface area contributed by atoms with Crippen LogP contribution >= 0.6 is 0 Å². The highest BCUT2D eigenvalue weighted by atomic mass is 16.5. The van der Waals surface area contributed by atoms with Gasteiger partial charge in [-0.15, -0.1) is 0 Å². The van der Waals surface area contributed by atoms with E-state index in [4.69, 9.17) is 9.47 Å². The van der Waals surface area contributed by atoms with E-state index in [1.54, 1.807) is 23.2 Å². The molecule has 2 aromatic rings. The number of pyridine rings is 1. The first kappa shape index (κ1) is 18.2. The Bertz CT molecular complexity index is 788. The molecule has 2 heterocycles. The summed E-state index contributed by atoms with van der Waals surface area (Å²) in [5, 5.41) is 0. The monoisotopic (exact) mass is 356 g/mol. The molecule has 6 nitrogen and oxygen atoms in total. The van der Waals surface area contributed by atoms with E-state index in [0.29, 0.717) is 19.7 Å². The molecular weight excluding hydrogens is 332 g/mol. The lowest BCUT2D eigenvalue weighted by Crippen LogP contribution is -2.45. The molecule has 26 heavy (non-hydrogen) atoms. The smallest absolute Gasteiger partial charge is 0.293 e. The highest BCUT2D eigenvalue weighted by Crippen LogP contribution is 2.16. The third-order valence-electron chi connectivity index (χ3n) is 4.57. The van der Waals surface area contributed by atoms with Gasteiger partial charge in [0.1, 0.15) is 6.54 Å². The predicted molar refractivity (Wildman–Crippen MR) is 98.1 cm³/mol. The molecule has 138 valence electrons. The Morgan fingerprint density at radius 1 is 1.19 bits per heavy atom. The van der Waals surface area contributed by atoms with E-state index in [1.807, 2.05) is 30.3 Å². The van der Waals surface area contributed by atoms with Gasteiger partial charge >= 0.3 is 0 Å². The summed E-state index contributed by atoms with van der Waals surface area (Å²) in [6.07, 6.45) is 3.47. The number of nitrogens with zero attached hydrogens (tertiary/aromatic N) is 2. The van der Waals surface area contributed by atoms with E-state index in [2.05, 4.69) is 0 Å². The van der Waals surface area contributed by atoms with Crippen LogP contribution in [0.2, 0.25) is 0 Å². The molecule has 0 spiro atoms. The van der Waals surface area contributed by atoms with Crippen LogP contribution in [0.25, 0.3) is 0 Å². The predicted octanol–water partition coefficient (Wildman–Crippen LogP) is 2.06. The number of aromatic nitrogens is 1. The number of piperidine rings is 1. The fraction of sp³-hybridized carbons (Fsp3) is 0.400. The molecule has 1 aromatic carbocycles. The van der Waals surface area contributed by atoms with Gasteiger partial charge in [-0.2, -0.15) is 0 Å². The molecule has 0 unspecified atom stereocenters. The fourth-order valence-corrected chi connectivity index (χ4v) is 3.13. The first-order chi connectivity index (χ1) is 12.7. The average molecular weight is 356 g/mol. The second kappa shape index (κ2) is 8.67. The number of methoxy groups -OCH3 is 1. The second-order valence-corrected chi connectivity index (χ2v) is 6.41. The summed E-state index contributed by atoms with van der Waals surface area (Å²) in [5.41, 5.74) is 0.830. The van der Waals surface area contributed by atoms with Crippen molar-refractivity contribution in [1.29, 1.82) is 0 Å². The number of likely N-dealkylation sites (tertiary alicyclic amines) is 1. The molecular formula is C20H24N2O4. The number of ether oxygens (including phenoxy) is 2. The van der Waals surface area contributed by atoms with Gasteiger partial charge in [-0.1, -0.05) is 30.3 Å². The number of amides is 1. The topological polar surface area (TPSA) is 60.8 Å². The number of hydrogen-bond donors (Lipinski definition) is 0. The van der Waals surface area contributed by atoms with Gasteiger partial charge in [0.15, 0.2) is 5.75 Å². The van der Waals surface area contributed by atoms with E-state index in [-0.39, 0.29) is 29.9 Å². The molecule has 1 amide bonds. The Kier molecular flexibility index (Phi) is 6.07. The Hall–Kier alpha value is -2.60. The summed E-state index contributed by atoms with van der Waals surface area (Å²) in [5.74, 6) is 0.163. The second-order valence-electron chi connectivity index (χ2n) is 6.41. The molecule has 0 aliphatic carbocycles. The van der Waals surface area contributed by atoms with Crippen molar-refractivity contribution in [3.05, 3.63) is 64.6 Å². The van der Waals surface area contributed by atoms with Gasteiger partial charge in [-0.05, 0) is 30.5 Å². The number of hydrogen-bond acceptors (Lipinski definition) is 4. The Morgan fingerprint density at radius 3 is 2.77 bits per heavy atom. The Morgan fingerprint density at radius 2 is 2.00 bits per heavy atom. The molecule has 1 atom stereocenters. The van der Waals surface area contributed by atoms with Gasteiger partial charge in [0.2, 0.25) is 5.91 Å². The Labute approximate surface area is 153 Å². The molecule has 1 saturated heterocycles. The summed E-state index contributed by atoms with van der Waals surface area (Å²) in [7, 11) is 1.45. The van der Waals surface area contributed by atoms with Gasteiger partial charge in [0, 0.05) is 19.3 Å². The van der Waals surface area contributed by atoms with Crippen molar-refractivity contribution >= 4 is 5.91 Å². The molecule has 6 heteroatoms. The lowest BCUT2D eigenvalue weighted by Gasteiger charge is -2.33. The quantitative estimate of drug-likeness (QED) is 0.795. The molecule has 0 N–H and O–H groups in total. The van der Waals surface area contributed by atoms with Crippen molar-refractivity contribution in [2.45, 2.75) is 32.1 Å². The first-order valence-electron chi connectivity index (χ1n) is 8.84. The maximum Gasteiger partial charge on any atom is 0.293 e. The van der Waals surface area contributed by atoms with Gasteiger partial charge in [0.05, 0.1) is 19.8 Å². The molecule has 1 fully saturated rings. The molecule has 3 rings (SSSR count). The maximum atomic E-state index is 12.6. The van der Waals surface area contributed by atoms with Crippen LogP contribution in [-0.2, 0) is 22.7 Å². The van der Waals surface area contributed by atoms with Gasteiger partial charge in [-0.3, -0.25) is 9.59 Å². The van der Waals surface area contributed by atoms with Crippen molar-refractivity contribution in [2.75, 3.05) is 20.2 Å². The zero-order valence-electron chi connectivity index (χ0n) is 15.0. The minimum atomic E-state index is -0.294. The highest BCUT2D eigenvalue weighted by Gasteiger charge is 2.24. The van der Waals surface area contributed by atoms with Crippen molar-refractivity contribution in [2.24, 2.45) is 0 Å². The summed E-state index contributed by atoms with van der Waals surface area (Å²) < 4.78 is 12.4. The standard InChI is InChI=1S/C20H24N2O4/c1-25-18-10-6-12-22(20(18)24)14-19(23)21-11-5-9-17(13-21)26-15-16-7-3-2-4-8-16/h2-4,6-8,10,12,17H,5,9,11,13-15H2,1H3/t17-/m1/s1. The van der Waals surface area contributed by atoms with E-state index < -0.39 is 0 Å². The molecule has 1 aliphatic heterocycles. The van der Waals surface area contributed by atoms with Crippen molar-refractivity contribution in [3.8, 4) is 5.75 Å². The number of carbonyl (C=O) groups is 1. The SMILES string of the molecule is COc1cccn(CC(=O)N2CCC[C@@H](OCc3ccccc3)C2)c1=O. The highest BCUT2D eigenvalue weighted by molar-refractivity contribution is 5.76. The third kappa shape index (κ3) is 4.52. The minimum Gasteiger partial charge on any atom is -0.491 e. The van der Waals surface area contributed by atoms with Crippen LogP contribution in [-0.4, -0.2) is 41.7 Å². The van der Waals surface area contributed by atoms with Crippen LogP contribution in [0.4, 0.5) is 0 Å². The molecule has 1 aliphatic rings. The largest absolute Gasteiger partial charge is 0.491 e. The van der Waals surface area contributed by atoms with Crippen LogP contribution in [0.5, 0.6) is 5.75 Å². The van der Waals surface area contributed by atoms with Crippen LogP contribution in [0.3, 0.4) is 0 Å². The number of rotatable bonds is 6. The zero-order valence-corrected chi connectivity index (χ0v) is 15.0. The van der Waals surface area contributed by atoms with Crippen LogP contribution in [0, 0.1) is 0 Å². The van der Waals surface area contributed by atoms with Crippen molar-refractivity contribution in [3.63, 3.8) is 0 Å². The van der Waals surface area contributed by atoms with Crippen LogP contribution in [0.1, 0.15) is 18.4 Å². The normalized spacial score (nSPS) is 17.1. The summed E-state index contributed by atoms with van der Waals surface area (Å²) >= 11 is 0. The van der Waals surface area contributed by atoms with Crippen molar-refractivity contribution < 1.29 is 14.3 Å². The molecule has 1 aromatic heterocycles. The van der Waals surface area contributed by atoms with E-state index in [9.17, 15) is 9.59 Å². The van der Waals surface area contributed by atoms with E-state index >= 15 is 0 Å². The Balaban J connectivity index is 1.57. The zero-order chi connectivity index (χ0) is 18.4. The first-order valence-corrected chi connectivity index (χ1v) is 8.84. The van der Waals surface area contributed by atoms with Crippen molar-refractivity contribution in [1.82, 2.24) is 9.47 Å². The molecule has 0 radical (unpaired) electrons. The van der Waals surface area contributed by atoms with Crippen LogP contribution in [0.15, 0.2) is 53.5 Å². The fourth-order valence-electron chi connectivity index (χ4n) is 3.13. The summed E-state index contributed by atoms with van der Waals surface area (Å²) in [6, 6.07) is 13.3. The number of carbonyl (C=O) groups excluding carboxylic acids is 1. The van der Waals surface area contributed by atoms with Gasteiger partial charge < -0.3 is 18.9 Å². The number of benzene rings is 1. The molecule has 0 saturated carbocycles. The summed E-state index contributed by atoms with van der Waals surface area (Å²) in [4.78, 5) is 26.6. The van der Waals surface area contributed by atoms with Gasteiger partial charge in [0.25, 0.3) is 5.56 Å². The summed E-state index contributed by atoms with van der Waals surface area (Å²) in [6.45, 7) is 1.82. The molecule has 0 bridgehead atoms.